The summed E-state index contributed by atoms with van der Waals surface area (Å²) >= 11 is 0. The van der Waals surface area contributed by atoms with Crippen molar-refractivity contribution < 1.29 is 4.79 Å². The van der Waals surface area contributed by atoms with Crippen molar-refractivity contribution in [3.8, 4) is 0 Å². The monoisotopic (exact) mass is 246 g/mol. The number of nitrogens with one attached hydrogen (secondary N) is 1. The average molecular weight is 247 g/mol. The Morgan fingerprint density at radius 2 is 1.81 bits per heavy atom. The van der Waals surface area contributed by atoms with Crippen molar-refractivity contribution in [1.82, 2.24) is 5.32 Å². The predicted octanol–water partition coefficient (Wildman–Crippen LogP) is 1.84. The standard InChI is InChI=1S/C12H22N2O.ClH/c13-11(9-6-7-9)8-14-12(15)10-4-2-1-3-5-10;/h9-11H,1-8,13H2,(H,14,15);1H. The SMILES string of the molecule is Cl.NC(CNC(=O)C1CCCCC1)C1CC1. The van der Waals surface area contributed by atoms with Gasteiger partial charge in [0.15, 0.2) is 0 Å². The average Bonchev–Trinajstić information content (AvgIpc) is 3.10. The lowest BCUT2D eigenvalue weighted by molar-refractivity contribution is -0.126. The van der Waals surface area contributed by atoms with Crippen LogP contribution in [-0.4, -0.2) is 18.5 Å². The fourth-order valence-electron chi connectivity index (χ4n) is 2.42. The minimum atomic E-state index is 0. The van der Waals surface area contributed by atoms with Crippen molar-refractivity contribution in [1.29, 1.82) is 0 Å². The molecule has 94 valence electrons. The van der Waals surface area contributed by atoms with E-state index in [2.05, 4.69) is 5.32 Å². The van der Waals surface area contributed by atoms with Crippen LogP contribution in [0.5, 0.6) is 0 Å². The molecule has 4 heteroatoms. The lowest BCUT2D eigenvalue weighted by atomic mass is 9.88. The van der Waals surface area contributed by atoms with Gasteiger partial charge in [0.1, 0.15) is 0 Å². The van der Waals surface area contributed by atoms with Crippen molar-refractivity contribution in [2.24, 2.45) is 17.6 Å². The summed E-state index contributed by atoms with van der Waals surface area (Å²) in [7, 11) is 0. The molecule has 0 aliphatic heterocycles. The summed E-state index contributed by atoms with van der Waals surface area (Å²) in [4.78, 5) is 11.8. The van der Waals surface area contributed by atoms with Crippen LogP contribution in [0, 0.1) is 11.8 Å². The highest BCUT2D eigenvalue weighted by Crippen LogP contribution is 2.31. The van der Waals surface area contributed by atoms with E-state index < -0.39 is 0 Å². The maximum absolute atomic E-state index is 11.8. The van der Waals surface area contributed by atoms with E-state index in [1.165, 1.54) is 32.1 Å². The van der Waals surface area contributed by atoms with Gasteiger partial charge >= 0.3 is 0 Å². The highest BCUT2D eigenvalue weighted by Gasteiger charge is 2.29. The summed E-state index contributed by atoms with van der Waals surface area (Å²) in [5.74, 6) is 1.19. The number of carbonyl (C=O) groups is 1. The molecular weight excluding hydrogens is 224 g/mol. The number of hydrogen-bond acceptors (Lipinski definition) is 2. The van der Waals surface area contributed by atoms with Crippen LogP contribution in [0.2, 0.25) is 0 Å². The summed E-state index contributed by atoms with van der Waals surface area (Å²) in [5.41, 5.74) is 5.94. The van der Waals surface area contributed by atoms with Crippen molar-refractivity contribution >= 4 is 18.3 Å². The van der Waals surface area contributed by atoms with Gasteiger partial charge in [-0.05, 0) is 31.6 Å². The first-order valence-corrected chi connectivity index (χ1v) is 6.30. The van der Waals surface area contributed by atoms with Gasteiger partial charge in [-0.3, -0.25) is 4.79 Å². The Kier molecular flexibility index (Phi) is 5.56. The van der Waals surface area contributed by atoms with Crippen LogP contribution < -0.4 is 11.1 Å². The molecule has 1 unspecified atom stereocenters. The molecular formula is C12H23ClN2O. The van der Waals surface area contributed by atoms with E-state index in [1.54, 1.807) is 0 Å². The number of nitrogens with two attached hydrogens (primary N) is 1. The normalized spacial score (nSPS) is 23.3. The van der Waals surface area contributed by atoms with Crippen LogP contribution in [0.25, 0.3) is 0 Å². The molecule has 0 bridgehead atoms. The maximum Gasteiger partial charge on any atom is 0.223 e. The van der Waals surface area contributed by atoms with Crippen LogP contribution >= 0.6 is 12.4 Å². The van der Waals surface area contributed by atoms with Crippen LogP contribution in [0.4, 0.5) is 0 Å². The summed E-state index contributed by atoms with van der Waals surface area (Å²) in [6.45, 7) is 0.681. The summed E-state index contributed by atoms with van der Waals surface area (Å²) < 4.78 is 0. The second-order valence-corrected chi connectivity index (χ2v) is 5.08. The minimum Gasteiger partial charge on any atom is -0.354 e. The zero-order valence-corrected chi connectivity index (χ0v) is 10.6. The molecule has 2 saturated carbocycles. The van der Waals surface area contributed by atoms with E-state index in [1.807, 2.05) is 0 Å². The van der Waals surface area contributed by atoms with Gasteiger partial charge in [0.05, 0.1) is 0 Å². The van der Waals surface area contributed by atoms with E-state index in [-0.39, 0.29) is 30.3 Å². The van der Waals surface area contributed by atoms with Gasteiger partial charge in [-0.25, -0.2) is 0 Å². The molecule has 0 aromatic rings. The van der Waals surface area contributed by atoms with Gasteiger partial charge in [-0.2, -0.15) is 0 Å². The minimum absolute atomic E-state index is 0. The van der Waals surface area contributed by atoms with Gasteiger partial charge < -0.3 is 11.1 Å². The molecule has 1 amide bonds. The molecule has 0 radical (unpaired) electrons. The Labute approximate surface area is 104 Å². The molecule has 0 saturated heterocycles. The maximum atomic E-state index is 11.8. The largest absolute Gasteiger partial charge is 0.354 e. The van der Waals surface area contributed by atoms with Gasteiger partial charge in [-0.1, -0.05) is 19.3 Å². The molecule has 2 aliphatic carbocycles. The third-order valence-corrected chi connectivity index (χ3v) is 3.72. The number of rotatable bonds is 4. The summed E-state index contributed by atoms with van der Waals surface area (Å²) in [5, 5.41) is 3.01. The summed E-state index contributed by atoms with van der Waals surface area (Å²) in [6, 6.07) is 0.192. The van der Waals surface area contributed by atoms with Gasteiger partial charge in [0.2, 0.25) is 5.91 Å². The molecule has 0 heterocycles. The molecule has 16 heavy (non-hydrogen) atoms. The highest BCUT2D eigenvalue weighted by atomic mass is 35.5. The van der Waals surface area contributed by atoms with Gasteiger partial charge in [-0.15, -0.1) is 12.4 Å². The fourth-order valence-corrected chi connectivity index (χ4v) is 2.42. The van der Waals surface area contributed by atoms with Crippen LogP contribution in [0.1, 0.15) is 44.9 Å². The lowest BCUT2D eigenvalue weighted by Crippen LogP contribution is -2.41. The van der Waals surface area contributed by atoms with Crippen molar-refractivity contribution in [3.05, 3.63) is 0 Å². The number of halogens is 1. The quantitative estimate of drug-likeness (QED) is 0.796. The predicted molar refractivity (Wildman–Crippen MR) is 67.5 cm³/mol. The van der Waals surface area contributed by atoms with Gasteiger partial charge in [0, 0.05) is 18.5 Å². The number of hydrogen-bond donors (Lipinski definition) is 2. The van der Waals surface area contributed by atoms with Crippen molar-refractivity contribution in [2.45, 2.75) is 51.0 Å². The Bertz CT molecular complexity index is 225. The Hall–Kier alpha value is -0.280. The molecule has 3 N–H and O–H groups in total. The van der Waals surface area contributed by atoms with E-state index >= 15 is 0 Å². The van der Waals surface area contributed by atoms with Crippen molar-refractivity contribution in [2.75, 3.05) is 6.54 Å². The fraction of sp³-hybridized carbons (Fsp3) is 0.917. The number of carbonyl (C=O) groups excluding carboxylic acids is 1. The second kappa shape index (κ2) is 6.45. The smallest absolute Gasteiger partial charge is 0.223 e. The van der Waals surface area contributed by atoms with E-state index in [4.69, 9.17) is 5.73 Å². The van der Waals surface area contributed by atoms with E-state index in [9.17, 15) is 4.79 Å². The Balaban J connectivity index is 0.00000128. The van der Waals surface area contributed by atoms with Crippen LogP contribution in [-0.2, 0) is 4.79 Å². The summed E-state index contributed by atoms with van der Waals surface area (Å²) in [6.07, 6.45) is 8.38. The highest BCUT2D eigenvalue weighted by molar-refractivity contribution is 5.85. The molecule has 2 rings (SSSR count). The third-order valence-electron chi connectivity index (χ3n) is 3.72. The zero-order valence-electron chi connectivity index (χ0n) is 9.78. The molecule has 0 aromatic heterocycles. The zero-order chi connectivity index (χ0) is 10.7. The second-order valence-electron chi connectivity index (χ2n) is 5.08. The van der Waals surface area contributed by atoms with Crippen LogP contribution in [0.15, 0.2) is 0 Å². The molecule has 1 atom stereocenters. The van der Waals surface area contributed by atoms with Gasteiger partial charge in [0.25, 0.3) is 0 Å². The Morgan fingerprint density at radius 1 is 1.19 bits per heavy atom. The first kappa shape index (κ1) is 13.8. The molecule has 2 aliphatic rings. The van der Waals surface area contributed by atoms with Crippen LogP contribution in [0.3, 0.4) is 0 Å². The Morgan fingerprint density at radius 3 is 2.38 bits per heavy atom. The first-order chi connectivity index (χ1) is 7.27. The topological polar surface area (TPSA) is 55.1 Å². The molecule has 3 nitrogen and oxygen atoms in total. The third kappa shape index (κ3) is 3.95. The van der Waals surface area contributed by atoms with E-state index in [0.29, 0.717) is 12.5 Å². The van der Waals surface area contributed by atoms with Crippen molar-refractivity contribution in [3.63, 3.8) is 0 Å². The van der Waals surface area contributed by atoms with E-state index in [0.717, 1.165) is 12.8 Å². The molecule has 0 spiro atoms. The first-order valence-electron chi connectivity index (χ1n) is 6.30. The molecule has 0 aromatic carbocycles. The number of amides is 1. The molecule has 2 fully saturated rings. The lowest BCUT2D eigenvalue weighted by Gasteiger charge is -2.21.